The topological polar surface area (TPSA) is 79.0 Å². The first-order valence-corrected chi connectivity index (χ1v) is 11.1. The summed E-state index contributed by atoms with van der Waals surface area (Å²) in [6.45, 7) is 2.61. The maximum Gasteiger partial charge on any atom is 0.238 e. The number of aromatic nitrogens is 1. The second kappa shape index (κ2) is 9.95. The van der Waals surface area contributed by atoms with Crippen LogP contribution in [0.1, 0.15) is 5.56 Å². The van der Waals surface area contributed by atoms with Crippen molar-refractivity contribution in [3.63, 3.8) is 0 Å². The Kier molecular flexibility index (Phi) is 6.84. The molecule has 8 nitrogen and oxygen atoms in total. The zero-order valence-electron chi connectivity index (χ0n) is 19.6. The highest BCUT2D eigenvalue weighted by molar-refractivity contribution is 6.04. The number of likely N-dealkylation sites (N-methyl/N-ethyl adjacent to an activating group) is 2. The standard InChI is InChI=1S/C25H31N5O3/c1-29(14-12-26-17-9-10-21(32-3)22(15-17)33-4)16-23(31)28-24-18-7-5-6-8-20(18)27-25-19(24)11-13-30(25)2/h5-10,15,26H,11-14,16H2,1-4H3,(H,27,28,31). The molecule has 0 fully saturated rings. The molecule has 3 aromatic rings. The minimum absolute atomic E-state index is 0.0308. The maximum atomic E-state index is 12.9. The van der Waals surface area contributed by atoms with Gasteiger partial charge in [-0.3, -0.25) is 9.69 Å². The van der Waals surface area contributed by atoms with Gasteiger partial charge in [-0.25, -0.2) is 4.98 Å². The smallest absolute Gasteiger partial charge is 0.238 e. The van der Waals surface area contributed by atoms with Crippen LogP contribution in [0.15, 0.2) is 42.5 Å². The van der Waals surface area contributed by atoms with Crippen molar-refractivity contribution >= 4 is 34.0 Å². The lowest BCUT2D eigenvalue weighted by Crippen LogP contribution is -2.33. The van der Waals surface area contributed by atoms with E-state index >= 15 is 0 Å². The van der Waals surface area contributed by atoms with Crippen molar-refractivity contribution in [2.45, 2.75) is 6.42 Å². The Bertz CT molecular complexity index is 1150. The average Bonchev–Trinajstić information content (AvgIpc) is 3.19. The molecule has 1 aliphatic rings. The van der Waals surface area contributed by atoms with Gasteiger partial charge in [0.2, 0.25) is 5.91 Å². The molecule has 8 heteroatoms. The lowest BCUT2D eigenvalue weighted by Gasteiger charge is -2.19. The van der Waals surface area contributed by atoms with Crippen LogP contribution >= 0.6 is 0 Å². The van der Waals surface area contributed by atoms with E-state index in [0.29, 0.717) is 31.1 Å². The van der Waals surface area contributed by atoms with E-state index in [1.807, 2.05) is 61.5 Å². The number of carbonyl (C=O) groups is 1. The monoisotopic (exact) mass is 449 g/mol. The molecular weight excluding hydrogens is 418 g/mol. The summed E-state index contributed by atoms with van der Waals surface area (Å²) in [5.74, 6) is 2.30. The number of para-hydroxylation sites is 1. The van der Waals surface area contributed by atoms with Crippen LogP contribution in [0.4, 0.5) is 17.2 Å². The Labute approximate surface area is 194 Å². The van der Waals surface area contributed by atoms with E-state index in [1.54, 1.807) is 14.2 Å². The predicted octanol–water partition coefficient (Wildman–Crippen LogP) is 3.23. The fraction of sp³-hybridized carbons (Fsp3) is 0.360. The van der Waals surface area contributed by atoms with Gasteiger partial charge in [-0.1, -0.05) is 18.2 Å². The van der Waals surface area contributed by atoms with Gasteiger partial charge in [0.05, 0.1) is 32.0 Å². The fourth-order valence-electron chi connectivity index (χ4n) is 4.16. The van der Waals surface area contributed by atoms with Crippen LogP contribution in [0.25, 0.3) is 10.9 Å². The van der Waals surface area contributed by atoms with Crippen molar-refractivity contribution in [3.05, 3.63) is 48.0 Å². The van der Waals surface area contributed by atoms with E-state index in [0.717, 1.165) is 46.6 Å². The lowest BCUT2D eigenvalue weighted by atomic mass is 10.1. The SMILES string of the molecule is COc1ccc(NCCN(C)CC(=O)Nc2c3c(nc4ccccc24)N(C)CC3)cc1OC. The quantitative estimate of drug-likeness (QED) is 0.519. The number of nitrogens with one attached hydrogen (secondary N) is 2. The molecule has 1 amide bonds. The highest BCUT2D eigenvalue weighted by Crippen LogP contribution is 2.36. The molecule has 2 aromatic carbocycles. The number of nitrogens with zero attached hydrogens (tertiary/aromatic N) is 3. The largest absolute Gasteiger partial charge is 0.493 e. The van der Waals surface area contributed by atoms with Crippen molar-refractivity contribution < 1.29 is 14.3 Å². The number of pyridine rings is 1. The van der Waals surface area contributed by atoms with E-state index in [1.165, 1.54) is 0 Å². The predicted molar refractivity (Wildman–Crippen MR) is 133 cm³/mol. The van der Waals surface area contributed by atoms with E-state index in [2.05, 4.69) is 15.5 Å². The molecule has 4 rings (SSSR count). The van der Waals surface area contributed by atoms with Crippen LogP contribution in [0.5, 0.6) is 11.5 Å². The molecule has 1 aliphatic heterocycles. The molecule has 0 aliphatic carbocycles. The van der Waals surface area contributed by atoms with E-state index in [9.17, 15) is 4.79 Å². The number of hydrogen-bond donors (Lipinski definition) is 2. The van der Waals surface area contributed by atoms with Crippen LogP contribution in [0, 0.1) is 0 Å². The van der Waals surface area contributed by atoms with Crippen LogP contribution < -0.4 is 25.0 Å². The summed E-state index contributed by atoms with van der Waals surface area (Å²) < 4.78 is 10.6. The minimum atomic E-state index is -0.0308. The van der Waals surface area contributed by atoms with E-state index < -0.39 is 0 Å². The Hall–Kier alpha value is -3.52. The molecule has 0 unspecified atom stereocenters. The van der Waals surface area contributed by atoms with Gasteiger partial charge in [0, 0.05) is 49.4 Å². The molecule has 33 heavy (non-hydrogen) atoms. The average molecular weight is 450 g/mol. The number of rotatable bonds is 9. The third kappa shape index (κ3) is 4.96. The Morgan fingerprint density at radius 2 is 1.94 bits per heavy atom. The summed E-state index contributed by atoms with van der Waals surface area (Å²) in [5.41, 5.74) is 3.84. The lowest BCUT2D eigenvalue weighted by molar-refractivity contribution is -0.117. The Morgan fingerprint density at radius 1 is 1.15 bits per heavy atom. The van der Waals surface area contributed by atoms with Gasteiger partial charge in [0.1, 0.15) is 5.82 Å². The fourth-order valence-corrected chi connectivity index (χ4v) is 4.16. The molecule has 2 N–H and O–H groups in total. The second-order valence-corrected chi connectivity index (χ2v) is 8.26. The number of methoxy groups -OCH3 is 2. The van der Waals surface area contributed by atoms with Crippen LogP contribution in [0.3, 0.4) is 0 Å². The molecule has 1 aromatic heterocycles. The van der Waals surface area contributed by atoms with Gasteiger partial charge >= 0.3 is 0 Å². The number of anilines is 3. The first-order chi connectivity index (χ1) is 16.0. The number of fused-ring (bicyclic) bond motifs is 2. The van der Waals surface area contributed by atoms with Crippen LogP contribution in [-0.4, -0.2) is 70.3 Å². The molecule has 0 bridgehead atoms. The third-order valence-electron chi connectivity index (χ3n) is 5.91. The number of hydrogen-bond acceptors (Lipinski definition) is 7. The molecule has 0 radical (unpaired) electrons. The molecule has 0 saturated carbocycles. The van der Waals surface area contributed by atoms with Crippen molar-refractivity contribution in [1.82, 2.24) is 9.88 Å². The zero-order chi connectivity index (χ0) is 23.4. The van der Waals surface area contributed by atoms with E-state index in [-0.39, 0.29) is 5.91 Å². The van der Waals surface area contributed by atoms with Gasteiger partial charge in [-0.2, -0.15) is 0 Å². The summed E-state index contributed by atoms with van der Waals surface area (Å²) in [6.07, 6.45) is 0.879. The minimum Gasteiger partial charge on any atom is -0.493 e. The Morgan fingerprint density at radius 3 is 2.73 bits per heavy atom. The molecule has 0 saturated heterocycles. The second-order valence-electron chi connectivity index (χ2n) is 8.26. The van der Waals surface area contributed by atoms with Gasteiger partial charge in [-0.05, 0) is 31.7 Å². The third-order valence-corrected chi connectivity index (χ3v) is 5.91. The summed E-state index contributed by atoms with van der Waals surface area (Å²) >= 11 is 0. The molecule has 0 spiro atoms. The van der Waals surface area contributed by atoms with E-state index in [4.69, 9.17) is 14.5 Å². The highest BCUT2D eigenvalue weighted by Gasteiger charge is 2.24. The summed E-state index contributed by atoms with van der Waals surface area (Å²) in [5, 5.41) is 7.52. The number of benzene rings is 2. The number of carbonyl (C=O) groups excluding carboxylic acids is 1. The molecule has 0 atom stereocenters. The summed E-state index contributed by atoms with van der Waals surface area (Å²) in [7, 11) is 7.22. The first kappa shape index (κ1) is 22.7. The number of ether oxygens (including phenoxy) is 2. The van der Waals surface area contributed by atoms with Crippen molar-refractivity contribution in [3.8, 4) is 11.5 Å². The van der Waals surface area contributed by atoms with Crippen LogP contribution in [0.2, 0.25) is 0 Å². The normalized spacial score (nSPS) is 12.7. The first-order valence-electron chi connectivity index (χ1n) is 11.1. The maximum absolute atomic E-state index is 12.9. The highest BCUT2D eigenvalue weighted by atomic mass is 16.5. The molecular formula is C25H31N5O3. The molecule has 2 heterocycles. The summed E-state index contributed by atoms with van der Waals surface area (Å²) in [6, 6.07) is 13.7. The molecule has 174 valence electrons. The van der Waals surface area contributed by atoms with Gasteiger partial charge in [0.15, 0.2) is 11.5 Å². The van der Waals surface area contributed by atoms with Gasteiger partial charge < -0.3 is 25.0 Å². The van der Waals surface area contributed by atoms with Crippen molar-refractivity contribution in [1.29, 1.82) is 0 Å². The summed E-state index contributed by atoms with van der Waals surface area (Å²) in [4.78, 5) is 21.8. The van der Waals surface area contributed by atoms with Gasteiger partial charge in [0.25, 0.3) is 0 Å². The number of amides is 1. The van der Waals surface area contributed by atoms with Gasteiger partial charge in [-0.15, -0.1) is 0 Å². The zero-order valence-corrected chi connectivity index (χ0v) is 19.6. The van der Waals surface area contributed by atoms with Crippen LogP contribution in [-0.2, 0) is 11.2 Å². The van der Waals surface area contributed by atoms with Crippen molar-refractivity contribution in [2.24, 2.45) is 0 Å². The van der Waals surface area contributed by atoms with Crippen molar-refractivity contribution in [2.75, 3.05) is 70.0 Å². The Balaban J connectivity index is 1.36.